The van der Waals surface area contributed by atoms with Gasteiger partial charge in [0.25, 0.3) is 0 Å². The molecule has 0 saturated carbocycles. The molecule has 2 aromatic carbocycles. The predicted octanol–water partition coefficient (Wildman–Crippen LogP) is 5.23. The number of amides is 1. The lowest BCUT2D eigenvalue weighted by Crippen LogP contribution is -2.47. The number of rotatable bonds is 7. The number of piperidine rings is 1. The van der Waals surface area contributed by atoms with Crippen LogP contribution in [-0.4, -0.2) is 37.0 Å². The molecule has 156 valence electrons. The van der Waals surface area contributed by atoms with Crippen molar-refractivity contribution < 1.29 is 9.53 Å². The van der Waals surface area contributed by atoms with Crippen LogP contribution in [0.2, 0.25) is 0 Å². The highest BCUT2D eigenvalue weighted by atomic mass is 16.5. The van der Waals surface area contributed by atoms with Gasteiger partial charge in [0.15, 0.2) is 0 Å². The Bertz CT molecular complexity index is 775. The highest BCUT2D eigenvalue weighted by Gasteiger charge is 2.28. The van der Waals surface area contributed by atoms with Crippen molar-refractivity contribution in [1.82, 2.24) is 4.90 Å². The van der Waals surface area contributed by atoms with Crippen LogP contribution in [0.5, 0.6) is 5.75 Å². The third kappa shape index (κ3) is 5.39. The fraction of sp³-hybridized carbons (Fsp3) is 0.480. The van der Waals surface area contributed by atoms with E-state index in [4.69, 9.17) is 4.74 Å². The minimum absolute atomic E-state index is 0.192. The van der Waals surface area contributed by atoms with Crippen molar-refractivity contribution in [3.8, 4) is 5.75 Å². The molecule has 2 aromatic rings. The van der Waals surface area contributed by atoms with E-state index in [0.29, 0.717) is 12.3 Å². The topological polar surface area (TPSA) is 32.8 Å². The fourth-order valence-electron chi connectivity index (χ4n) is 4.07. The van der Waals surface area contributed by atoms with E-state index in [0.717, 1.165) is 43.9 Å². The van der Waals surface area contributed by atoms with Crippen LogP contribution in [0.15, 0.2) is 48.5 Å². The Labute approximate surface area is 175 Å². The number of nitrogens with zero attached hydrogens (tertiary/aromatic N) is 2. The molecule has 1 aliphatic rings. The number of hydrogen-bond donors (Lipinski definition) is 0. The lowest BCUT2D eigenvalue weighted by molar-refractivity contribution is -0.119. The molecule has 29 heavy (non-hydrogen) atoms. The van der Waals surface area contributed by atoms with E-state index in [-0.39, 0.29) is 11.9 Å². The molecule has 4 nitrogen and oxygen atoms in total. The van der Waals surface area contributed by atoms with Crippen LogP contribution in [0.3, 0.4) is 0 Å². The van der Waals surface area contributed by atoms with Crippen LogP contribution in [0.1, 0.15) is 57.1 Å². The molecule has 0 unspecified atom stereocenters. The van der Waals surface area contributed by atoms with E-state index >= 15 is 0 Å². The van der Waals surface area contributed by atoms with E-state index in [9.17, 15) is 4.79 Å². The average Bonchev–Trinajstić information content (AvgIpc) is 2.76. The smallest absolute Gasteiger partial charge is 0.226 e. The molecule has 1 heterocycles. The molecule has 4 heteroatoms. The summed E-state index contributed by atoms with van der Waals surface area (Å²) in [6, 6.07) is 17.1. The molecular weight excluding hydrogens is 360 g/mol. The number of hydrogen-bond acceptors (Lipinski definition) is 3. The van der Waals surface area contributed by atoms with Gasteiger partial charge in [0.1, 0.15) is 5.75 Å². The van der Waals surface area contributed by atoms with Crippen molar-refractivity contribution in [2.45, 2.75) is 58.5 Å². The van der Waals surface area contributed by atoms with E-state index in [1.807, 2.05) is 36.1 Å². The molecule has 0 N–H and O–H groups in total. The number of carbonyl (C=O) groups excluding carboxylic acids is 1. The van der Waals surface area contributed by atoms with Gasteiger partial charge >= 0.3 is 0 Å². The van der Waals surface area contributed by atoms with E-state index < -0.39 is 0 Å². The monoisotopic (exact) mass is 394 g/mol. The number of ether oxygens (including phenoxy) is 1. The lowest BCUT2D eigenvalue weighted by atomic mass is 9.99. The van der Waals surface area contributed by atoms with Crippen LogP contribution in [0.25, 0.3) is 0 Å². The maximum Gasteiger partial charge on any atom is 0.226 e. The second-order valence-electron chi connectivity index (χ2n) is 8.22. The Morgan fingerprint density at radius 1 is 1.07 bits per heavy atom. The van der Waals surface area contributed by atoms with Gasteiger partial charge in [-0.2, -0.15) is 0 Å². The number of methoxy groups -OCH3 is 1. The molecule has 0 aliphatic carbocycles. The summed E-state index contributed by atoms with van der Waals surface area (Å²) in [5.74, 6) is 1.58. The van der Waals surface area contributed by atoms with Crippen molar-refractivity contribution in [1.29, 1.82) is 0 Å². The van der Waals surface area contributed by atoms with Crippen LogP contribution in [0, 0.1) is 0 Å². The Balaban J connectivity index is 1.62. The number of benzene rings is 2. The summed E-state index contributed by atoms with van der Waals surface area (Å²) in [5, 5.41) is 0. The molecule has 0 spiro atoms. The second-order valence-corrected chi connectivity index (χ2v) is 8.22. The predicted molar refractivity (Wildman–Crippen MR) is 120 cm³/mol. The Kier molecular flexibility index (Phi) is 7.32. The van der Waals surface area contributed by atoms with Crippen molar-refractivity contribution in [2.75, 3.05) is 25.1 Å². The van der Waals surface area contributed by atoms with Crippen LogP contribution in [-0.2, 0) is 11.3 Å². The lowest BCUT2D eigenvalue weighted by Gasteiger charge is -2.38. The third-order valence-corrected chi connectivity index (χ3v) is 5.90. The summed E-state index contributed by atoms with van der Waals surface area (Å²) in [4.78, 5) is 17.2. The van der Waals surface area contributed by atoms with Crippen LogP contribution in [0.4, 0.5) is 5.69 Å². The average molecular weight is 395 g/mol. The van der Waals surface area contributed by atoms with Gasteiger partial charge in [-0.15, -0.1) is 0 Å². The third-order valence-electron chi connectivity index (χ3n) is 5.90. The largest absolute Gasteiger partial charge is 0.497 e. The summed E-state index contributed by atoms with van der Waals surface area (Å²) >= 11 is 0. The van der Waals surface area contributed by atoms with Crippen molar-refractivity contribution >= 4 is 11.6 Å². The van der Waals surface area contributed by atoms with E-state index in [1.54, 1.807) is 7.11 Å². The molecule has 0 radical (unpaired) electrons. The first kappa shape index (κ1) is 21.4. The molecule has 1 amide bonds. The van der Waals surface area contributed by atoms with Gasteiger partial charge in [-0.05, 0) is 54.2 Å². The molecular formula is C25H34N2O2. The van der Waals surface area contributed by atoms with Crippen molar-refractivity contribution in [2.24, 2.45) is 0 Å². The van der Waals surface area contributed by atoms with Gasteiger partial charge in [0.05, 0.1) is 7.11 Å². The highest BCUT2D eigenvalue weighted by molar-refractivity contribution is 5.93. The SMILES string of the molecule is CCC(=O)N(c1ccc(OC)cc1)C1CCN(Cc2ccc(C(C)C)cc2)CC1. The molecule has 0 atom stereocenters. The van der Waals surface area contributed by atoms with Crippen molar-refractivity contribution in [3.63, 3.8) is 0 Å². The number of likely N-dealkylation sites (tertiary alicyclic amines) is 1. The summed E-state index contributed by atoms with van der Waals surface area (Å²) in [7, 11) is 1.66. The van der Waals surface area contributed by atoms with Crippen molar-refractivity contribution in [3.05, 3.63) is 59.7 Å². The minimum Gasteiger partial charge on any atom is -0.497 e. The molecule has 0 bridgehead atoms. The van der Waals surface area contributed by atoms with Gasteiger partial charge < -0.3 is 9.64 Å². The quantitative estimate of drug-likeness (QED) is 0.645. The van der Waals surface area contributed by atoms with E-state index in [1.165, 1.54) is 11.1 Å². The maximum absolute atomic E-state index is 12.7. The summed E-state index contributed by atoms with van der Waals surface area (Å²) in [6.07, 6.45) is 2.53. The zero-order chi connectivity index (χ0) is 20.8. The van der Waals surface area contributed by atoms with Gasteiger partial charge in [-0.25, -0.2) is 0 Å². The molecule has 0 aromatic heterocycles. The normalized spacial score (nSPS) is 15.5. The first-order valence-corrected chi connectivity index (χ1v) is 10.8. The summed E-state index contributed by atoms with van der Waals surface area (Å²) < 4.78 is 5.26. The van der Waals surface area contributed by atoms with Gasteiger partial charge in [-0.1, -0.05) is 45.0 Å². The zero-order valence-electron chi connectivity index (χ0n) is 18.2. The molecule has 3 rings (SSSR count). The summed E-state index contributed by atoms with van der Waals surface area (Å²) in [6.45, 7) is 9.41. The van der Waals surface area contributed by atoms with E-state index in [2.05, 4.69) is 43.0 Å². The highest BCUT2D eigenvalue weighted by Crippen LogP contribution is 2.27. The standard InChI is InChI=1S/C25H34N2O2/c1-5-25(28)27(22-10-12-24(29-4)13-11-22)23-14-16-26(17-15-23)18-20-6-8-21(9-7-20)19(2)3/h6-13,19,23H,5,14-18H2,1-4H3. The molecule has 1 aliphatic heterocycles. The molecule has 1 fully saturated rings. The second kappa shape index (κ2) is 9.93. The minimum atomic E-state index is 0.192. The maximum atomic E-state index is 12.7. The summed E-state index contributed by atoms with van der Waals surface area (Å²) in [5.41, 5.74) is 3.73. The van der Waals surface area contributed by atoms with Gasteiger partial charge in [0.2, 0.25) is 5.91 Å². The zero-order valence-corrected chi connectivity index (χ0v) is 18.2. The van der Waals surface area contributed by atoms with Crippen LogP contribution < -0.4 is 9.64 Å². The first-order valence-electron chi connectivity index (χ1n) is 10.8. The van der Waals surface area contributed by atoms with Crippen LogP contribution >= 0.6 is 0 Å². The first-order chi connectivity index (χ1) is 14.0. The Hall–Kier alpha value is -2.33. The number of anilines is 1. The Morgan fingerprint density at radius 3 is 2.21 bits per heavy atom. The molecule has 1 saturated heterocycles. The van der Waals surface area contributed by atoms with Gasteiger partial charge in [0, 0.05) is 37.8 Å². The number of carbonyl (C=O) groups is 1. The fourth-order valence-corrected chi connectivity index (χ4v) is 4.07. The van der Waals surface area contributed by atoms with Gasteiger partial charge in [-0.3, -0.25) is 9.69 Å². The Morgan fingerprint density at radius 2 is 1.69 bits per heavy atom.